The number of amides is 1. The molecule has 0 radical (unpaired) electrons. The summed E-state index contributed by atoms with van der Waals surface area (Å²) in [6.07, 6.45) is 4.79. The molecule has 0 bridgehead atoms. The number of hydrogen-bond acceptors (Lipinski definition) is 7. The third kappa shape index (κ3) is 4.74. The van der Waals surface area contributed by atoms with Gasteiger partial charge in [-0.15, -0.1) is 0 Å². The van der Waals surface area contributed by atoms with Gasteiger partial charge in [-0.05, 0) is 44.2 Å². The van der Waals surface area contributed by atoms with Crippen molar-refractivity contribution in [3.8, 4) is 6.07 Å². The summed E-state index contributed by atoms with van der Waals surface area (Å²) >= 11 is 6.53. The zero-order valence-corrected chi connectivity index (χ0v) is 19.9. The first-order valence-corrected chi connectivity index (χ1v) is 11.9. The fraction of sp³-hybridized carbons (Fsp3) is 0.500. The summed E-state index contributed by atoms with van der Waals surface area (Å²) in [4.78, 5) is 40.9. The van der Waals surface area contributed by atoms with Crippen LogP contribution in [0, 0.1) is 18.3 Å². The molecule has 0 atom stereocenters. The van der Waals surface area contributed by atoms with Crippen LogP contribution < -0.4 is 10.5 Å². The number of carboxylic acid groups (broad SMARTS) is 1. The third-order valence-corrected chi connectivity index (χ3v) is 7.00. The van der Waals surface area contributed by atoms with Crippen LogP contribution in [-0.4, -0.2) is 50.4 Å². The summed E-state index contributed by atoms with van der Waals surface area (Å²) in [5, 5.41) is 18.5. The maximum absolute atomic E-state index is 13.1. The van der Waals surface area contributed by atoms with Gasteiger partial charge in [0.05, 0.1) is 4.91 Å². The van der Waals surface area contributed by atoms with Crippen molar-refractivity contribution < 1.29 is 14.7 Å². The quantitative estimate of drug-likeness (QED) is 0.452. The molecule has 0 aliphatic carbocycles. The number of rotatable bonds is 8. The molecule has 170 valence electrons. The van der Waals surface area contributed by atoms with Crippen LogP contribution >= 0.6 is 24.0 Å². The highest BCUT2D eigenvalue weighted by molar-refractivity contribution is 8.26. The Kier molecular flexibility index (Phi) is 7.74. The van der Waals surface area contributed by atoms with Crippen LogP contribution in [0.4, 0.5) is 5.82 Å². The second kappa shape index (κ2) is 10.3. The number of carbonyl (C=O) groups excluding carboxylic acids is 1. The van der Waals surface area contributed by atoms with Gasteiger partial charge < -0.3 is 10.0 Å². The number of carbonyl (C=O) groups is 2. The van der Waals surface area contributed by atoms with Gasteiger partial charge in [-0.25, -0.2) is 0 Å². The van der Waals surface area contributed by atoms with E-state index in [-0.39, 0.29) is 30.0 Å². The van der Waals surface area contributed by atoms with Gasteiger partial charge in [-0.1, -0.05) is 30.9 Å². The summed E-state index contributed by atoms with van der Waals surface area (Å²) in [5.41, 5.74) is 1.04. The summed E-state index contributed by atoms with van der Waals surface area (Å²) in [5.74, 6) is -0.440. The maximum Gasteiger partial charge on any atom is 0.303 e. The van der Waals surface area contributed by atoms with Gasteiger partial charge in [-0.2, -0.15) is 5.26 Å². The first-order valence-electron chi connectivity index (χ1n) is 10.7. The summed E-state index contributed by atoms with van der Waals surface area (Å²) in [7, 11) is 0. The molecular formula is C22H26N4O4S2. The van der Waals surface area contributed by atoms with Gasteiger partial charge in [0.15, 0.2) is 0 Å². The number of pyridine rings is 1. The molecule has 1 amide bonds. The number of anilines is 1. The smallest absolute Gasteiger partial charge is 0.303 e. The first-order chi connectivity index (χ1) is 15.3. The molecule has 2 aliphatic heterocycles. The van der Waals surface area contributed by atoms with Crippen LogP contribution in [0.25, 0.3) is 6.08 Å². The second-order valence-electron chi connectivity index (χ2n) is 7.83. The van der Waals surface area contributed by atoms with E-state index in [1.807, 2.05) is 13.0 Å². The minimum Gasteiger partial charge on any atom is -0.481 e. The Labute approximate surface area is 196 Å². The molecule has 2 aliphatic rings. The van der Waals surface area contributed by atoms with Gasteiger partial charge in [0.1, 0.15) is 21.8 Å². The fourth-order valence-electron chi connectivity index (χ4n) is 4.06. The molecule has 32 heavy (non-hydrogen) atoms. The minimum absolute atomic E-state index is 0.0398. The van der Waals surface area contributed by atoms with Crippen LogP contribution in [0.15, 0.2) is 9.70 Å². The van der Waals surface area contributed by atoms with Crippen LogP contribution in [0.3, 0.4) is 0 Å². The topological polar surface area (TPSA) is 107 Å². The number of aromatic nitrogens is 1. The van der Waals surface area contributed by atoms with Crippen molar-refractivity contribution in [1.29, 1.82) is 5.26 Å². The van der Waals surface area contributed by atoms with E-state index in [0.29, 0.717) is 33.3 Å². The lowest BCUT2D eigenvalue weighted by Gasteiger charge is -2.26. The largest absolute Gasteiger partial charge is 0.481 e. The molecule has 0 unspecified atom stereocenters. The van der Waals surface area contributed by atoms with Gasteiger partial charge in [-0.3, -0.25) is 23.9 Å². The zero-order chi connectivity index (χ0) is 23.4. The molecule has 0 spiro atoms. The lowest BCUT2D eigenvalue weighted by Crippen LogP contribution is -2.33. The summed E-state index contributed by atoms with van der Waals surface area (Å²) < 4.78 is 2.05. The summed E-state index contributed by atoms with van der Waals surface area (Å²) in [6, 6.07) is 2.05. The molecule has 1 aromatic rings. The number of aliphatic carboxylic acids is 1. The number of carboxylic acids is 1. The predicted molar refractivity (Wildman–Crippen MR) is 129 cm³/mol. The van der Waals surface area contributed by atoms with E-state index < -0.39 is 5.97 Å². The summed E-state index contributed by atoms with van der Waals surface area (Å²) in [6.45, 7) is 6.07. The monoisotopic (exact) mass is 474 g/mol. The number of nitriles is 1. The van der Waals surface area contributed by atoms with Gasteiger partial charge >= 0.3 is 5.97 Å². The van der Waals surface area contributed by atoms with E-state index in [1.54, 1.807) is 17.6 Å². The highest BCUT2D eigenvalue weighted by Crippen LogP contribution is 2.36. The normalized spacial score (nSPS) is 17.5. The molecule has 8 nitrogen and oxygen atoms in total. The Hall–Kier alpha value is -2.64. The molecule has 1 N–H and O–H groups in total. The predicted octanol–water partition coefficient (Wildman–Crippen LogP) is 3.10. The molecule has 3 heterocycles. The average molecular weight is 475 g/mol. The third-order valence-electron chi connectivity index (χ3n) is 5.62. The van der Waals surface area contributed by atoms with Crippen molar-refractivity contribution in [2.45, 2.75) is 52.5 Å². The Balaban J connectivity index is 2.09. The van der Waals surface area contributed by atoms with E-state index in [4.69, 9.17) is 17.3 Å². The lowest BCUT2D eigenvalue weighted by molar-refractivity contribution is -0.137. The van der Waals surface area contributed by atoms with Crippen LogP contribution in [0.2, 0.25) is 0 Å². The SMILES string of the molecule is CCCn1c(N2CCCC2)c(/C=C2\SC(=S)N(CCCC(=O)O)C2=O)c(C)c(C#N)c1=O. The van der Waals surface area contributed by atoms with Crippen molar-refractivity contribution in [3.63, 3.8) is 0 Å². The lowest BCUT2D eigenvalue weighted by atomic mass is 10.0. The molecular weight excluding hydrogens is 448 g/mol. The van der Waals surface area contributed by atoms with Crippen molar-refractivity contribution in [2.75, 3.05) is 24.5 Å². The molecule has 2 fully saturated rings. The second-order valence-corrected chi connectivity index (χ2v) is 9.51. The van der Waals surface area contributed by atoms with Crippen molar-refractivity contribution in [2.24, 2.45) is 0 Å². The van der Waals surface area contributed by atoms with Crippen LogP contribution in [0.5, 0.6) is 0 Å². The number of nitrogens with zero attached hydrogens (tertiary/aromatic N) is 4. The van der Waals surface area contributed by atoms with Gasteiger partial charge in [0.2, 0.25) is 0 Å². The Bertz CT molecular complexity index is 1080. The number of thioether (sulfide) groups is 1. The van der Waals surface area contributed by atoms with E-state index in [9.17, 15) is 19.6 Å². The van der Waals surface area contributed by atoms with E-state index in [1.165, 1.54) is 4.90 Å². The molecule has 1 aromatic heterocycles. The van der Waals surface area contributed by atoms with Crippen LogP contribution in [0.1, 0.15) is 55.7 Å². The fourth-order valence-corrected chi connectivity index (χ4v) is 5.35. The average Bonchev–Trinajstić information content (AvgIpc) is 3.36. The van der Waals surface area contributed by atoms with E-state index in [2.05, 4.69) is 4.90 Å². The number of thiocarbonyl (C=S) groups is 1. The Morgan fingerprint density at radius 3 is 2.56 bits per heavy atom. The highest BCUT2D eigenvalue weighted by atomic mass is 32.2. The van der Waals surface area contributed by atoms with Crippen LogP contribution in [-0.2, 0) is 16.1 Å². The Morgan fingerprint density at radius 2 is 1.97 bits per heavy atom. The first kappa shape index (κ1) is 24.0. The van der Waals surface area contributed by atoms with Gasteiger partial charge in [0, 0.05) is 38.2 Å². The minimum atomic E-state index is -0.918. The van der Waals surface area contributed by atoms with E-state index in [0.717, 1.165) is 49.9 Å². The van der Waals surface area contributed by atoms with Crippen molar-refractivity contribution in [3.05, 3.63) is 31.9 Å². The standard InChI is InChI=1S/C22H26N4O4S2/c1-3-8-25-19(24-9-4-5-10-24)15(14(2)16(13-23)20(25)29)12-17-21(30)26(22(31)32-17)11-6-7-18(27)28/h12H,3-11H2,1-2H3,(H,27,28)/b17-12-. The molecule has 2 saturated heterocycles. The number of hydrogen-bond donors (Lipinski definition) is 1. The van der Waals surface area contributed by atoms with E-state index >= 15 is 0 Å². The molecule has 10 heteroatoms. The maximum atomic E-state index is 13.1. The Morgan fingerprint density at radius 1 is 1.28 bits per heavy atom. The molecule has 3 rings (SSSR count). The van der Waals surface area contributed by atoms with Crippen molar-refractivity contribution in [1.82, 2.24) is 9.47 Å². The zero-order valence-electron chi connectivity index (χ0n) is 18.2. The molecule has 0 aromatic carbocycles. The highest BCUT2D eigenvalue weighted by Gasteiger charge is 2.33. The van der Waals surface area contributed by atoms with Crippen molar-refractivity contribution >= 4 is 52.1 Å². The van der Waals surface area contributed by atoms with Gasteiger partial charge in [0.25, 0.3) is 11.5 Å². The molecule has 0 saturated carbocycles.